The molecule has 1 spiro atoms. The van der Waals surface area contributed by atoms with Crippen LogP contribution in [0.3, 0.4) is 0 Å². The van der Waals surface area contributed by atoms with Crippen LogP contribution in [0.5, 0.6) is 0 Å². The van der Waals surface area contributed by atoms with Crippen molar-refractivity contribution in [2.45, 2.75) is 201 Å². The van der Waals surface area contributed by atoms with Crippen molar-refractivity contribution < 1.29 is 57.0 Å². The molecular formula is C57H71NO12. The fraction of sp³-hybridized carbons (Fsp3) is 0.684. The van der Waals surface area contributed by atoms with Crippen LogP contribution in [0.1, 0.15) is 114 Å². The van der Waals surface area contributed by atoms with Gasteiger partial charge in [-0.1, -0.05) is 75.5 Å². The lowest BCUT2D eigenvalue weighted by atomic mass is 9.78. The molecule has 2 aromatic rings. The van der Waals surface area contributed by atoms with Crippen LogP contribution in [0.2, 0.25) is 0 Å². The maximum Gasteiger partial charge on any atom is 0.409 e. The molecule has 11 aliphatic heterocycles. The zero-order chi connectivity index (χ0) is 47.4. The minimum absolute atomic E-state index is 0.0116. The van der Waals surface area contributed by atoms with Gasteiger partial charge in [0.15, 0.2) is 5.79 Å². The Balaban J connectivity index is 0.716. The Bertz CT molecular complexity index is 2310. The first-order chi connectivity index (χ1) is 34.0. The molecule has 0 unspecified atom stereocenters. The predicted molar refractivity (Wildman–Crippen MR) is 256 cm³/mol. The highest BCUT2D eigenvalue weighted by Crippen LogP contribution is 2.55. The molecule has 11 heterocycles. The van der Waals surface area contributed by atoms with Crippen molar-refractivity contribution in [1.82, 2.24) is 4.90 Å². The SMILES string of the molecule is C=C1C[C@@H]2CC[C@@]34C[C@H]5O[C@H]6[C@@H](O3)[C@H]3O[C@H](CC[C@@H]3O[C@H]6[C@H]5O4)CC(=O)C[C@@H]3[C@@H](C)[C@@H](C[C@H]4CN(C(=O)OCC5c6ccccc6-c6ccccc65)CCO4)O[C@H]3C[C@H]3O[C@@H](CC[C@@H]1O2)C[C@@H](C)C3=C. The van der Waals surface area contributed by atoms with Crippen LogP contribution in [0, 0.1) is 17.8 Å². The Morgan fingerprint density at radius 2 is 1.46 bits per heavy atom. The first kappa shape index (κ1) is 46.3. The van der Waals surface area contributed by atoms with E-state index < -0.39 is 5.79 Å². The van der Waals surface area contributed by atoms with E-state index in [1.54, 1.807) is 4.90 Å². The maximum absolute atomic E-state index is 14.5. The van der Waals surface area contributed by atoms with Crippen LogP contribution >= 0.6 is 0 Å². The van der Waals surface area contributed by atoms with Crippen LogP contribution in [0.25, 0.3) is 11.1 Å². The molecule has 0 N–H and O–H groups in total. The number of nitrogens with zero attached hydrogens (tertiary/aromatic N) is 1. The maximum atomic E-state index is 14.5. The number of rotatable bonds is 4. The molecular weight excluding hydrogens is 891 g/mol. The molecule has 19 atom stereocenters. The highest BCUT2D eigenvalue weighted by Gasteiger charge is 2.69. The summed E-state index contributed by atoms with van der Waals surface area (Å²) in [6, 6.07) is 16.8. The Morgan fingerprint density at radius 1 is 0.729 bits per heavy atom. The van der Waals surface area contributed by atoms with E-state index in [2.05, 4.69) is 75.5 Å². The van der Waals surface area contributed by atoms with Gasteiger partial charge in [0.25, 0.3) is 0 Å². The lowest BCUT2D eigenvalue weighted by Crippen LogP contribution is -2.61. The summed E-state index contributed by atoms with van der Waals surface area (Å²) in [7, 11) is 0. The van der Waals surface area contributed by atoms with Crippen molar-refractivity contribution in [3.8, 4) is 11.1 Å². The number of Topliss-reactive ketones (excluding diaryl/α,β-unsaturated/α-hetero) is 1. The van der Waals surface area contributed by atoms with E-state index in [9.17, 15) is 9.59 Å². The summed E-state index contributed by atoms with van der Waals surface area (Å²) in [5.74, 6) is -0.351. The molecule has 70 heavy (non-hydrogen) atoms. The van der Waals surface area contributed by atoms with Gasteiger partial charge < -0.3 is 52.3 Å². The second-order valence-corrected chi connectivity index (χ2v) is 22.9. The molecule has 12 bridgehead atoms. The Morgan fingerprint density at radius 3 is 2.29 bits per heavy atom. The number of morpholine rings is 1. The van der Waals surface area contributed by atoms with Gasteiger partial charge in [0.2, 0.25) is 0 Å². The van der Waals surface area contributed by atoms with E-state index in [1.165, 1.54) is 22.3 Å². The van der Waals surface area contributed by atoms with Gasteiger partial charge in [-0.3, -0.25) is 4.79 Å². The minimum Gasteiger partial charge on any atom is -0.448 e. The zero-order valence-corrected chi connectivity index (χ0v) is 40.9. The van der Waals surface area contributed by atoms with Crippen LogP contribution in [0.15, 0.2) is 72.8 Å². The number of fused-ring (bicyclic) bond motifs is 9. The third kappa shape index (κ3) is 8.35. The van der Waals surface area contributed by atoms with Crippen molar-refractivity contribution in [1.29, 1.82) is 0 Å². The highest BCUT2D eigenvalue weighted by atomic mass is 16.8. The smallest absolute Gasteiger partial charge is 0.409 e. The topological polar surface area (TPSA) is 130 Å². The van der Waals surface area contributed by atoms with Gasteiger partial charge in [-0.25, -0.2) is 4.79 Å². The zero-order valence-electron chi connectivity index (χ0n) is 40.9. The Kier molecular flexibility index (Phi) is 12.2. The molecule has 0 saturated carbocycles. The Labute approximate surface area is 412 Å². The third-order valence-electron chi connectivity index (χ3n) is 18.6. The van der Waals surface area contributed by atoms with Crippen molar-refractivity contribution in [3.63, 3.8) is 0 Å². The molecule has 376 valence electrons. The van der Waals surface area contributed by atoms with Crippen LogP contribution in [-0.2, 0) is 52.2 Å². The van der Waals surface area contributed by atoms with E-state index in [0.717, 1.165) is 56.1 Å². The number of amides is 1. The van der Waals surface area contributed by atoms with Gasteiger partial charge in [-0.15, -0.1) is 0 Å². The predicted octanol–water partition coefficient (Wildman–Crippen LogP) is 8.39. The average Bonchev–Trinajstić information content (AvgIpc) is 4.11. The van der Waals surface area contributed by atoms with Crippen molar-refractivity contribution >= 4 is 11.9 Å². The number of carbonyl (C=O) groups is 2. The van der Waals surface area contributed by atoms with E-state index in [4.69, 9.17) is 47.4 Å². The second-order valence-electron chi connectivity index (χ2n) is 22.9. The van der Waals surface area contributed by atoms with Crippen molar-refractivity contribution in [2.75, 3.05) is 26.3 Å². The molecule has 14 rings (SSSR count). The monoisotopic (exact) mass is 961 g/mol. The van der Waals surface area contributed by atoms with E-state index in [1.807, 2.05) is 0 Å². The lowest BCUT2D eigenvalue weighted by molar-refractivity contribution is -0.292. The molecule has 0 radical (unpaired) electrons. The summed E-state index contributed by atoms with van der Waals surface area (Å²) in [6.07, 6.45) is 6.14. The second kappa shape index (κ2) is 18.5. The van der Waals surface area contributed by atoms with Gasteiger partial charge in [0.05, 0.1) is 74.2 Å². The molecule has 13 nitrogen and oxygen atoms in total. The van der Waals surface area contributed by atoms with Crippen LogP contribution in [-0.4, -0.2) is 140 Å². The molecule has 2 aromatic carbocycles. The lowest BCUT2D eigenvalue weighted by Gasteiger charge is -2.47. The number of benzene rings is 2. The van der Waals surface area contributed by atoms with Gasteiger partial charge in [0.1, 0.15) is 42.9 Å². The molecule has 11 fully saturated rings. The summed E-state index contributed by atoms with van der Waals surface area (Å²) in [6.45, 7) is 15.1. The minimum atomic E-state index is -0.790. The highest BCUT2D eigenvalue weighted by molar-refractivity contribution is 5.80. The molecule has 1 amide bonds. The van der Waals surface area contributed by atoms with Gasteiger partial charge in [-0.05, 0) is 96.1 Å². The van der Waals surface area contributed by atoms with E-state index in [0.29, 0.717) is 58.2 Å². The number of hydrogen-bond donors (Lipinski definition) is 0. The van der Waals surface area contributed by atoms with Crippen LogP contribution in [0.4, 0.5) is 4.79 Å². The molecule has 11 saturated heterocycles. The van der Waals surface area contributed by atoms with Gasteiger partial charge in [-0.2, -0.15) is 0 Å². The first-order valence-corrected chi connectivity index (χ1v) is 26.9. The van der Waals surface area contributed by atoms with Crippen molar-refractivity contribution in [2.24, 2.45) is 17.8 Å². The average molecular weight is 962 g/mol. The number of hydrogen-bond acceptors (Lipinski definition) is 12. The molecule has 0 aromatic heterocycles. The third-order valence-corrected chi connectivity index (χ3v) is 18.6. The van der Waals surface area contributed by atoms with Crippen LogP contribution < -0.4 is 0 Å². The van der Waals surface area contributed by atoms with E-state index >= 15 is 0 Å². The molecule has 1 aliphatic carbocycles. The largest absolute Gasteiger partial charge is 0.448 e. The quantitative estimate of drug-likeness (QED) is 0.273. The number of carbonyl (C=O) groups excluding carboxylic acids is 2. The summed E-state index contributed by atoms with van der Waals surface area (Å²) < 4.78 is 67.6. The summed E-state index contributed by atoms with van der Waals surface area (Å²) in [5, 5.41) is 0. The van der Waals surface area contributed by atoms with Gasteiger partial charge in [0, 0.05) is 51.0 Å². The summed E-state index contributed by atoms with van der Waals surface area (Å²) >= 11 is 0. The fourth-order valence-corrected chi connectivity index (χ4v) is 14.9. The van der Waals surface area contributed by atoms with Crippen molar-refractivity contribution in [3.05, 3.63) is 84.0 Å². The number of ether oxygens (including phenoxy) is 10. The normalized spacial score (nSPS) is 44.4. The molecule has 12 aliphatic rings. The van der Waals surface area contributed by atoms with E-state index in [-0.39, 0.29) is 134 Å². The standard InChI is InChI=1S/C57H71NO12/c1-30-21-35-13-15-45-31(2)22-37(63-45)17-18-57-27-50-52(69-57)53-54(68-50)55(70-57)51-46(67-53)16-14-36(65-51)23-34(59)24-43-33(4)47(66-49(43)26-48(64-35)32(30)3)25-38-28-58(19-20-61-38)56(60)62-29-44-41-11-7-5-9-39(41)40-10-6-8-12-42(40)44/h5-12,30,33,35-38,43-55H,2-3,13-29H2,1,4H3/t30-,33-,35+,36-,37+,38+,43-,45+,46+,47-,48-,49+,50-,51+,52+,53+,54-,55+,57+/m1/s1. The van der Waals surface area contributed by atoms with Gasteiger partial charge >= 0.3 is 6.09 Å². The number of ketones is 1. The first-order valence-electron chi connectivity index (χ1n) is 26.9. The summed E-state index contributed by atoms with van der Waals surface area (Å²) in [4.78, 5) is 30.1. The Hall–Kier alpha value is -3.50. The summed E-state index contributed by atoms with van der Waals surface area (Å²) in [5.41, 5.74) is 7.02. The fourth-order valence-electron chi connectivity index (χ4n) is 14.9. The molecule has 13 heteroatoms.